The monoisotopic (exact) mass is 405 g/mol. The van der Waals surface area contributed by atoms with E-state index in [1.54, 1.807) is 0 Å². The number of rotatable bonds is 5. The molecule has 0 radical (unpaired) electrons. The summed E-state index contributed by atoms with van der Waals surface area (Å²) in [5, 5.41) is 2.98. The summed E-state index contributed by atoms with van der Waals surface area (Å²) >= 11 is 0. The van der Waals surface area contributed by atoms with Crippen LogP contribution in [0, 0.1) is 5.92 Å². The largest absolute Gasteiger partial charge is 0.417 e. The molecule has 1 unspecified atom stereocenters. The van der Waals surface area contributed by atoms with Crippen LogP contribution in [-0.4, -0.2) is 24.0 Å². The molecule has 156 valence electrons. The van der Waals surface area contributed by atoms with E-state index in [9.17, 15) is 18.0 Å². The first-order valence-corrected chi connectivity index (χ1v) is 9.97. The van der Waals surface area contributed by atoms with Crippen molar-refractivity contribution in [3.8, 4) is 0 Å². The van der Waals surface area contributed by atoms with E-state index in [1.165, 1.54) is 11.6 Å². The van der Waals surface area contributed by atoms with Crippen molar-refractivity contribution >= 4 is 17.4 Å². The maximum Gasteiger partial charge on any atom is 0.417 e. The van der Waals surface area contributed by atoms with Crippen molar-refractivity contribution in [1.29, 1.82) is 0 Å². The Kier molecular flexibility index (Phi) is 6.45. The maximum absolute atomic E-state index is 12.7. The van der Waals surface area contributed by atoms with Crippen LogP contribution < -0.4 is 10.2 Å². The van der Waals surface area contributed by atoms with Crippen LogP contribution in [0.25, 0.3) is 0 Å². The van der Waals surface area contributed by atoms with Crippen molar-refractivity contribution in [1.82, 2.24) is 4.98 Å². The number of anilines is 2. The molecule has 1 aliphatic heterocycles. The number of nitrogens with one attached hydrogen (secondary N) is 1. The highest BCUT2D eigenvalue weighted by molar-refractivity contribution is 5.92. The molecule has 2 heterocycles. The number of piperidine rings is 1. The summed E-state index contributed by atoms with van der Waals surface area (Å²) in [7, 11) is 0. The van der Waals surface area contributed by atoms with Gasteiger partial charge in [-0.25, -0.2) is 4.98 Å². The molecule has 1 fully saturated rings. The Morgan fingerprint density at radius 1 is 1.17 bits per heavy atom. The molecule has 7 heteroatoms. The maximum atomic E-state index is 12.7. The van der Waals surface area contributed by atoms with Gasteiger partial charge in [0, 0.05) is 30.9 Å². The van der Waals surface area contributed by atoms with E-state index in [1.807, 2.05) is 29.2 Å². The van der Waals surface area contributed by atoms with E-state index in [-0.39, 0.29) is 11.8 Å². The van der Waals surface area contributed by atoms with Crippen molar-refractivity contribution in [2.24, 2.45) is 5.92 Å². The molecule has 1 N–H and O–H groups in total. The van der Waals surface area contributed by atoms with Crippen molar-refractivity contribution < 1.29 is 18.0 Å². The summed E-state index contributed by atoms with van der Waals surface area (Å²) in [6.07, 6.45) is -1.18. The molecular formula is C22H26F3N3O. The zero-order valence-corrected chi connectivity index (χ0v) is 16.7. The number of nitrogens with zero attached hydrogens (tertiary/aromatic N) is 2. The fourth-order valence-electron chi connectivity index (χ4n) is 3.49. The van der Waals surface area contributed by atoms with E-state index in [4.69, 9.17) is 0 Å². The van der Waals surface area contributed by atoms with Gasteiger partial charge in [0.2, 0.25) is 5.91 Å². The molecular weight excluding hydrogens is 379 g/mol. The van der Waals surface area contributed by atoms with E-state index < -0.39 is 11.7 Å². The van der Waals surface area contributed by atoms with Gasteiger partial charge in [-0.2, -0.15) is 13.2 Å². The van der Waals surface area contributed by atoms with Gasteiger partial charge in [-0.15, -0.1) is 0 Å². The van der Waals surface area contributed by atoms with Gasteiger partial charge in [-0.05, 0) is 55.0 Å². The number of aromatic nitrogens is 1. The molecule has 1 amide bonds. The third kappa shape index (κ3) is 5.28. The molecule has 0 spiro atoms. The molecule has 1 aromatic heterocycles. The van der Waals surface area contributed by atoms with Crippen LogP contribution in [-0.2, 0) is 11.0 Å². The quantitative estimate of drug-likeness (QED) is 0.718. The minimum atomic E-state index is -4.39. The Morgan fingerprint density at radius 3 is 2.34 bits per heavy atom. The van der Waals surface area contributed by atoms with Crippen molar-refractivity contribution in [2.75, 3.05) is 23.3 Å². The number of alkyl halides is 3. The fraction of sp³-hybridized carbons (Fsp3) is 0.455. The third-order valence-corrected chi connectivity index (χ3v) is 5.62. The number of benzene rings is 1. The molecule has 1 saturated heterocycles. The number of pyridine rings is 1. The van der Waals surface area contributed by atoms with E-state index in [0.717, 1.165) is 24.4 Å². The zero-order chi connectivity index (χ0) is 21.0. The topological polar surface area (TPSA) is 45.2 Å². The fourth-order valence-corrected chi connectivity index (χ4v) is 3.49. The summed E-state index contributed by atoms with van der Waals surface area (Å²) in [6.45, 7) is 5.49. The van der Waals surface area contributed by atoms with Crippen LogP contribution in [0.5, 0.6) is 0 Å². The first kappa shape index (κ1) is 21.1. The van der Waals surface area contributed by atoms with Gasteiger partial charge in [0.25, 0.3) is 0 Å². The van der Waals surface area contributed by atoms with Gasteiger partial charge in [-0.1, -0.05) is 26.0 Å². The summed E-state index contributed by atoms with van der Waals surface area (Å²) in [4.78, 5) is 18.4. The van der Waals surface area contributed by atoms with Gasteiger partial charge in [0.05, 0.1) is 5.56 Å². The first-order valence-electron chi connectivity index (χ1n) is 9.97. The van der Waals surface area contributed by atoms with Gasteiger partial charge in [0.15, 0.2) is 0 Å². The predicted octanol–water partition coefficient (Wildman–Crippen LogP) is 5.47. The summed E-state index contributed by atoms with van der Waals surface area (Å²) in [5.74, 6) is 0.872. The van der Waals surface area contributed by atoms with E-state index in [0.29, 0.717) is 37.7 Å². The number of carbonyl (C=O) groups is 1. The average molecular weight is 405 g/mol. The molecule has 4 nitrogen and oxygen atoms in total. The lowest BCUT2D eigenvalue weighted by molar-refractivity contribution is -0.137. The number of hydrogen-bond donors (Lipinski definition) is 1. The molecule has 0 saturated carbocycles. The smallest absolute Gasteiger partial charge is 0.357 e. The Hall–Kier alpha value is -2.57. The Morgan fingerprint density at radius 2 is 1.83 bits per heavy atom. The summed E-state index contributed by atoms with van der Waals surface area (Å²) in [6, 6.07) is 10.4. The standard InChI is InChI=1S/C22H26F3N3O/c1-3-15(2)16-4-7-19(8-5-16)27-21(29)17-10-12-28(13-11-17)20-9-6-18(14-26-20)22(23,24)25/h4-9,14-15,17H,3,10-13H2,1-2H3,(H,27,29). The van der Waals surface area contributed by atoms with Crippen molar-refractivity contribution in [3.63, 3.8) is 0 Å². The molecule has 2 aromatic rings. The average Bonchev–Trinajstić information content (AvgIpc) is 2.73. The molecule has 0 aliphatic carbocycles. The van der Waals surface area contributed by atoms with Crippen molar-refractivity contribution in [2.45, 2.75) is 45.2 Å². The second-order valence-electron chi connectivity index (χ2n) is 7.58. The summed E-state index contributed by atoms with van der Waals surface area (Å²) in [5.41, 5.74) is 1.28. The third-order valence-electron chi connectivity index (χ3n) is 5.62. The lowest BCUT2D eigenvalue weighted by Crippen LogP contribution is -2.38. The molecule has 3 rings (SSSR count). The Labute approximate surface area is 169 Å². The highest BCUT2D eigenvalue weighted by Crippen LogP contribution is 2.30. The van der Waals surface area contributed by atoms with Gasteiger partial charge >= 0.3 is 6.18 Å². The number of carbonyl (C=O) groups excluding carboxylic acids is 1. The molecule has 29 heavy (non-hydrogen) atoms. The highest BCUT2D eigenvalue weighted by Gasteiger charge is 2.31. The second-order valence-corrected chi connectivity index (χ2v) is 7.58. The lowest BCUT2D eigenvalue weighted by Gasteiger charge is -2.32. The normalized spacial score (nSPS) is 16.5. The van der Waals surface area contributed by atoms with Gasteiger partial charge < -0.3 is 10.2 Å². The van der Waals surface area contributed by atoms with Crippen LogP contribution in [0.4, 0.5) is 24.7 Å². The van der Waals surface area contributed by atoms with Crippen LogP contribution in [0.2, 0.25) is 0 Å². The second kappa shape index (κ2) is 8.84. The molecule has 1 aliphatic rings. The highest BCUT2D eigenvalue weighted by atomic mass is 19.4. The SMILES string of the molecule is CCC(C)c1ccc(NC(=O)C2CCN(c3ccc(C(F)(F)F)cn3)CC2)cc1. The van der Waals surface area contributed by atoms with Gasteiger partial charge in [0.1, 0.15) is 5.82 Å². The zero-order valence-electron chi connectivity index (χ0n) is 16.7. The number of hydrogen-bond acceptors (Lipinski definition) is 3. The lowest BCUT2D eigenvalue weighted by atomic mass is 9.95. The molecule has 0 bridgehead atoms. The molecule has 1 atom stereocenters. The van der Waals surface area contributed by atoms with Crippen LogP contribution in [0.15, 0.2) is 42.6 Å². The predicted molar refractivity (Wildman–Crippen MR) is 108 cm³/mol. The number of halogens is 3. The van der Waals surface area contributed by atoms with E-state index >= 15 is 0 Å². The van der Waals surface area contributed by atoms with Crippen LogP contribution in [0.1, 0.15) is 50.2 Å². The Bertz CT molecular complexity index is 811. The van der Waals surface area contributed by atoms with E-state index in [2.05, 4.69) is 24.1 Å². The first-order chi connectivity index (χ1) is 13.8. The van der Waals surface area contributed by atoms with Crippen LogP contribution in [0.3, 0.4) is 0 Å². The Balaban J connectivity index is 1.53. The van der Waals surface area contributed by atoms with Crippen LogP contribution >= 0.6 is 0 Å². The minimum absolute atomic E-state index is 0.0127. The summed E-state index contributed by atoms with van der Waals surface area (Å²) < 4.78 is 38.0. The minimum Gasteiger partial charge on any atom is -0.357 e. The molecule has 1 aromatic carbocycles. The van der Waals surface area contributed by atoms with Gasteiger partial charge in [-0.3, -0.25) is 4.79 Å². The number of amides is 1. The van der Waals surface area contributed by atoms with Crippen molar-refractivity contribution in [3.05, 3.63) is 53.7 Å².